The molecule has 0 bridgehead atoms. The molecule has 0 spiro atoms. The summed E-state index contributed by atoms with van der Waals surface area (Å²) in [5.41, 5.74) is 0.475. The maximum absolute atomic E-state index is 13.6. The lowest BCUT2D eigenvalue weighted by Crippen LogP contribution is -2.53. The Bertz CT molecular complexity index is 585. The highest BCUT2D eigenvalue weighted by molar-refractivity contribution is 5.94. The van der Waals surface area contributed by atoms with Gasteiger partial charge in [0.25, 0.3) is 5.91 Å². The second kappa shape index (κ2) is 6.07. The first-order valence-electron chi connectivity index (χ1n) is 7.55. The molecule has 22 heavy (non-hydrogen) atoms. The van der Waals surface area contributed by atoms with Crippen LogP contribution in [0.2, 0.25) is 0 Å². The zero-order valence-corrected chi connectivity index (χ0v) is 13.6. The molecule has 4 nitrogen and oxygen atoms in total. The molecule has 1 saturated heterocycles. The minimum atomic E-state index is -0.410. The van der Waals surface area contributed by atoms with E-state index in [2.05, 4.69) is 0 Å². The number of aryl methyl sites for hydroxylation is 1. The third kappa shape index (κ3) is 3.46. The standard InChI is InChI=1S/C17H23FN2O2/c1-12-5-6-13(11-14(12)18)15(21)19-7-9-20(10-8-19)16(22)17(2,3)4/h5-6,11H,7-10H2,1-4H3. The first-order chi connectivity index (χ1) is 10.2. The number of nitrogens with zero attached hydrogens (tertiary/aromatic N) is 2. The van der Waals surface area contributed by atoms with Crippen molar-refractivity contribution in [1.29, 1.82) is 0 Å². The second-order valence-corrected chi connectivity index (χ2v) is 6.80. The SMILES string of the molecule is Cc1ccc(C(=O)N2CCN(C(=O)C(C)(C)C)CC2)cc1F. The zero-order chi connectivity index (χ0) is 16.5. The molecule has 1 aliphatic rings. The van der Waals surface area contributed by atoms with Crippen LogP contribution in [0, 0.1) is 18.2 Å². The van der Waals surface area contributed by atoms with Crippen LogP contribution >= 0.6 is 0 Å². The Labute approximate surface area is 130 Å². The molecule has 2 amide bonds. The molecule has 0 unspecified atom stereocenters. The Morgan fingerprint density at radius 1 is 1.05 bits per heavy atom. The van der Waals surface area contributed by atoms with E-state index in [-0.39, 0.29) is 17.6 Å². The number of hydrogen-bond donors (Lipinski definition) is 0. The number of carbonyl (C=O) groups excluding carboxylic acids is 2. The van der Waals surface area contributed by atoms with Gasteiger partial charge in [-0.2, -0.15) is 0 Å². The van der Waals surface area contributed by atoms with Gasteiger partial charge in [0.1, 0.15) is 5.82 Å². The highest BCUT2D eigenvalue weighted by Crippen LogP contribution is 2.19. The number of halogens is 1. The van der Waals surface area contributed by atoms with Crippen molar-refractivity contribution in [3.05, 3.63) is 35.1 Å². The van der Waals surface area contributed by atoms with Crippen LogP contribution in [0.5, 0.6) is 0 Å². The monoisotopic (exact) mass is 306 g/mol. The quantitative estimate of drug-likeness (QED) is 0.800. The Hall–Kier alpha value is -1.91. The van der Waals surface area contributed by atoms with Crippen molar-refractivity contribution in [3.63, 3.8) is 0 Å². The highest BCUT2D eigenvalue weighted by Gasteiger charge is 2.31. The molecule has 0 saturated carbocycles. The van der Waals surface area contributed by atoms with E-state index in [9.17, 15) is 14.0 Å². The largest absolute Gasteiger partial charge is 0.339 e. The van der Waals surface area contributed by atoms with E-state index in [0.29, 0.717) is 37.3 Å². The van der Waals surface area contributed by atoms with Crippen molar-refractivity contribution < 1.29 is 14.0 Å². The fourth-order valence-electron chi connectivity index (χ4n) is 2.50. The third-order valence-corrected chi connectivity index (χ3v) is 3.91. The maximum Gasteiger partial charge on any atom is 0.254 e. The summed E-state index contributed by atoms with van der Waals surface area (Å²) in [7, 11) is 0. The average Bonchev–Trinajstić information content (AvgIpc) is 2.48. The van der Waals surface area contributed by atoms with Gasteiger partial charge in [-0.05, 0) is 24.6 Å². The summed E-state index contributed by atoms with van der Waals surface area (Å²) < 4.78 is 13.6. The molecule has 120 valence electrons. The van der Waals surface area contributed by atoms with Crippen LogP contribution in [0.4, 0.5) is 4.39 Å². The smallest absolute Gasteiger partial charge is 0.254 e. The van der Waals surface area contributed by atoms with Crippen LogP contribution in [-0.4, -0.2) is 47.8 Å². The molecule has 0 radical (unpaired) electrons. The first kappa shape index (κ1) is 16.5. The molecular weight excluding hydrogens is 283 g/mol. The van der Waals surface area contributed by atoms with Crippen molar-refractivity contribution in [2.75, 3.05) is 26.2 Å². The molecular formula is C17H23FN2O2. The van der Waals surface area contributed by atoms with Gasteiger partial charge in [-0.1, -0.05) is 26.8 Å². The second-order valence-electron chi connectivity index (χ2n) is 6.80. The Morgan fingerprint density at radius 3 is 2.09 bits per heavy atom. The third-order valence-electron chi connectivity index (χ3n) is 3.91. The van der Waals surface area contributed by atoms with E-state index in [0.717, 1.165) is 0 Å². The molecule has 0 aliphatic carbocycles. The van der Waals surface area contributed by atoms with Gasteiger partial charge in [-0.3, -0.25) is 9.59 Å². The molecule has 1 aliphatic heterocycles. The molecule has 0 N–H and O–H groups in total. The molecule has 0 aromatic heterocycles. The lowest BCUT2D eigenvalue weighted by atomic mass is 9.94. The molecule has 1 heterocycles. The Balaban J connectivity index is 2.01. The molecule has 2 rings (SSSR count). The number of amides is 2. The fraction of sp³-hybridized carbons (Fsp3) is 0.529. The lowest BCUT2D eigenvalue weighted by molar-refractivity contribution is -0.140. The van der Waals surface area contributed by atoms with Crippen molar-refractivity contribution in [2.24, 2.45) is 5.41 Å². The lowest BCUT2D eigenvalue weighted by Gasteiger charge is -2.37. The number of hydrogen-bond acceptors (Lipinski definition) is 2. The summed E-state index contributed by atoms with van der Waals surface area (Å²) in [6.07, 6.45) is 0. The van der Waals surface area contributed by atoms with E-state index >= 15 is 0 Å². The van der Waals surface area contributed by atoms with Gasteiger partial charge < -0.3 is 9.80 Å². The normalized spacial score (nSPS) is 15.9. The first-order valence-corrected chi connectivity index (χ1v) is 7.55. The number of rotatable bonds is 1. The predicted molar refractivity (Wildman–Crippen MR) is 83.1 cm³/mol. The zero-order valence-electron chi connectivity index (χ0n) is 13.6. The van der Waals surface area contributed by atoms with Crippen molar-refractivity contribution in [3.8, 4) is 0 Å². The van der Waals surface area contributed by atoms with E-state index in [4.69, 9.17) is 0 Å². The minimum Gasteiger partial charge on any atom is -0.339 e. The summed E-state index contributed by atoms with van der Waals surface area (Å²) in [6.45, 7) is 9.35. The van der Waals surface area contributed by atoms with E-state index in [1.165, 1.54) is 6.07 Å². The minimum absolute atomic E-state index is 0.0981. The summed E-state index contributed by atoms with van der Waals surface area (Å²) in [5, 5.41) is 0. The van der Waals surface area contributed by atoms with E-state index < -0.39 is 5.41 Å². The number of piperazine rings is 1. The van der Waals surface area contributed by atoms with Crippen LogP contribution in [0.25, 0.3) is 0 Å². The van der Waals surface area contributed by atoms with Crippen LogP contribution in [0.15, 0.2) is 18.2 Å². The molecule has 0 atom stereocenters. The van der Waals surface area contributed by atoms with Gasteiger partial charge in [0.15, 0.2) is 0 Å². The van der Waals surface area contributed by atoms with Gasteiger partial charge in [-0.15, -0.1) is 0 Å². The van der Waals surface area contributed by atoms with Crippen molar-refractivity contribution in [1.82, 2.24) is 9.80 Å². The molecule has 1 aromatic carbocycles. The summed E-state index contributed by atoms with van der Waals surface area (Å²) in [6, 6.07) is 4.54. The van der Waals surface area contributed by atoms with Crippen LogP contribution in [0.1, 0.15) is 36.7 Å². The predicted octanol–water partition coefficient (Wildman–Crippen LogP) is 2.46. The molecule has 1 fully saturated rings. The van der Waals surface area contributed by atoms with Gasteiger partial charge in [0, 0.05) is 37.2 Å². The fourth-order valence-corrected chi connectivity index (χ4v) is 2.50. The van der Waals surface area contributed by atoms with Gasteiger partial charge in [-0.25, -0.2) is 4.39 Å². The number of benzene rings is 1. The Morgan fingerprint density at radius 2 is 1.59 bits per heavy atom. The average molecular weight is 306 g/mol. The van der Waals surface area contributed by atoms with Gasteiger partial charge in [0.2, 0.25) is 5.91 Å². The number of carbonyl (C=O) groups is 2. The summed E-state index contributed by atoms with van der Waals surface area (Å²) >= 11 is 0. The summed E-state index contributed by atoms with van der Waals surface area (Å²) in [4.78, 5) is 28.1. The Kier molecular flexibility index (Phi) is 4.54. The van der Waals surface area contributed by atoms with Crippen molar-refractivity contribution in [2.45, 2.75) is 27.7 Å². The van der Waals surface area contributed by atoms with E-state index in [1.807, 2.05) is 20.8 Å². The van der Waals surface area contributed by atoms with Crippen LogP contribution in [-0.2, 0) is 4.79 Å². The van der Waals surface area contributed by atoms with Crippen LogP contribution in [0.3, 0.4) is 0 Å². The van der Waals surface area contributed by atoms with Gasteiger partial charge >= 0.3 is 0 Å². The van der Waals surface area contributed by atoms with Crippen molar-refractivity contribution >= 4 is 11.8 Å². The van der Waals surface area contributed by atoms with E-state index in [1.54, 1.807) is 28.9 Å². The highest BCUT2D eigenvalue weighted by atomic mass is 19.1. The van der Waals surface area contributed by atoms with Crippen LogP contribution < -0.4 is 0 Å². The summed E-state index contributed by atoms with van der Waals surface area (Å²) in [5.74, 6) is -0.449. The molecule has 1 aromatic rings. The topological polar surface area (TPSA) is 40.6 Å². The van der Waals surface area contributed by atoms with Gasteiger partial charge in [0.05, 0.1) is 0 Å². The molecule has 5 heteroatoms. The maximum atomic E-state index is 13.6.